The van der Waals surface area contributed by atoms with E-state index in [-0.39, 0.29) is 12.5 Å². The number of aliphatic hydroxyl groups is 1. The van der Waals surface area contributed by atoms with Gasteiger partial charge in [0.05, 0.1) is 38.2 Å². The largest absolute Gasteiger partial charge is 0.497 e. The fraction of sp³-hybridized carbons (Fsp3) is 0.391. The molecule has 2 aromatic rings. The van der Waals surface area contributed by atoms with E-state index in [1.54, 1.807) is 44.7 Å². The summed E-state index contributed by atoms with van der Waals surface area (Å²) in [4.78, 5) is 21.6. The number of ether oxygens (including phenoxy) is 2. The first kappa shape index (κ1) is 22.6. The monoisotopic (exact) mass is 426 g/mol. The first-order valence-corrected chi connectivity index (χ1v) is 10.2. The van der Waals surface area contributed by atoms with Crippen molar-refractivity contribution in [1.29, 1.82) is 0 Å². The lowest BCUT2D eigenvalue weighted by molar-refractivity contribution is 0.0742. The number of nitrogens with one attached hydrogen (secondary N) is 1. The fourth-order valence-electron chi connectivity index (χ4n) is 3.53. The van der Waals surface area contributed by atoms with Gasteiger partial charge in [-0.05, 0) is 31.2 Å². The van der Waals surface area contributed by atoms with Gasteiger partial charge in [-0.15, -0.1) is 6.58 Å². The highest BCUT2D eigenvalue weighted by atomic mass is 16.5. The van der Waals surface area contributed by atoms with Gasteiger partial charge in [0.1, 0.15) is 17.3 Å². The lowest BCUT2D eigenvalue weighted by Gasteiger charge is -2.43. The summed E-state index contributed by atoms with van der Waals surface area (Å²) in [5.41, 5.74) is 0.635. The zero-order valence-electron chi connectivity index (χ0n) is 18.3. The normalized spacial score (nSPS) is 16.3. The van der Waals surface area contributed by atoms with Crippen molar-refractivity contribution in [2.24, 2.45) is 0 Å². The van der Waals surface area contributed by atoms with Crippen molar-refractivity contribution in [1.82, 2.24) is 9.88 Å². The molecule has 1 unspecified atom stereocenters. The Morgan fingerprint density at radius 2 is 1.84 bits per heavy atom. The zero-order valence-corrected chi connectivity index (χ0v) is 18.3. The molecule has 0 radical (unpaired) electrons. The summed E-state index contributed by atoms with van der Waals surface area (Å²) in [6, 6.07) is 8.76. The van der Waals surface area contributed by atoms with Gasteiger partial charge in [0, 0.05) is 37.8 Å². The van der Waals surface area contributed by atoms with E-state index in [2.05, 4.69) is 26.7 Å². The van der Waals surface area contributed by atoms with Crippen molar-refractivity contribution < 1.29 is 19.4 Å². The number of nitrogens with zero attached hydrogens (tertiary/aromatic N) is 3. The molecule has 1 amide bonds. The van der Waals surface area contributed by atoms with Crippen molar-refractivity contribution >= 4 is 17.4 Å². The van der Waals surface area contributed by atoms with E-state index >= 15 is 0 Å². The van der Waals surface area contributed by atoms with Crippen molar-refractivity contribution in [3.8, 4) is 11.5 Å². The number of benzene rings is 1. The van der Waals surface area contributed by atoms with Gasteiger partial charge in [0.25, 0.3) is 5.91 Å². The number of amides is 1. The molecular weight excluding hydrogens is 396 g/mol. The quantitative estimate of drug-likeness (QED) is 0.627. The summed E-state index contributed by atoms with van der Waals surface area (Å²) >= 11 is 0. The number of pyridine rings is 1. The van der Waals surface area contributed by atoms with Crippen molar-refractivity contribution in [2.45, 2.75) is 12.5 Å². The highest BCUT2D eigenvalue weighted by Crippen LogP contribution is 2.24. The van der Waals surface area contributed by atoms with Crippen LogP contribution in [0.2, 0.25) is 0 Å². The number of aromatic nitrogens is 1. The number of hydrogen-bond donors (Lipinski definition) is 2. The molecule has 1 saturated heterocycles. The Hall–Kier alpha value is -3.10. The van der Waals surface area contributed by atoms with Gasteiger partial charge in [-0.2, -0.15) is 0 Å². The molecule has 8 heteroatoms. The van der Waals surface area contributed by atoms with Crippen LogP contribution in [0, 0.1) is 0 Å². The molecule has 0 bridgehead atoms. The Balaban J connectivity index is 1.62. The van der Waals surface area contributed by atoms with Gasteiger partial charge in [-0.1, -0.05) is 6.08 Å². The van der Waals surface area contributed by atoms with Crippen molar-refractivity contribution in [2.75, 3.05) is 57.2 Å². The van der Waals surface area contributed by atoms with Gasteiger partial charge >= 0.3 is 0 Å². The van der Waals surface area contributed by atoms with E-state index in [1.807, 2.05) is 19.1 Å². The third-order valence-electron chi connectivity index (χ3n) is 5.71. The Bertz CT molecular complexity index is 888. The van der Waals surface area contributed by atoms with E-state index < -0.39 is 5.54 Å². The third kappa shape index (κ3) is 5.15. The second-order valence-electron chi connectivity index (χ2n) is 7.65. The zero-order chi connectivity index (χ0) is 22.4. The van der Waals surface area contributed by atoms with Gasteiger partial charge in [-0.3, -0.25) is 9.69 Å². The summed E-state index contributed by atoms with van der Waals surface area (Å²) in [7, 11) is 3.08. The van der Waals surface area contributed by atoms with Gasteiger partial charge in [-0.25, -0.2) is 4.98 Å². The molecule has 2 N–H and O–H groups in total. The van der Waals surface area contributed by atoms with E-state index in [9.17, 15) is 9.90 Å². The van der Waals surface area contributed by atoms with Gasteiger partial charge < -0.3 is 24.8 Å². The number of anilines is 2. The second-order valence-corrected chi connectivity index (χ2v) is 7.65. The number of methoxy groups -OCH3 is 2. The van der Waals surface area contributed by atoms with Crippen LogP contribution in [0.3, 0.4) is 0 Å². The van der Waals surface area contributed by atoms with Gasteiger partial charge in [0.2, 0.25) is 0 Å². The molecule has 1 atom stereocenters. The molecule has 1 aliphatic heterocycles. The predicted molar refractivity (Wildman–Crippen MR) is 121 cm³/mol. The maximum Gasteiger partial charge on any atom is 0.255 e. The minimum absolute atomic E-state index is 0.0440. The number of hydrogen-bond acceptors (Lipinski definition) is 7. The first-order valence-electron chi connectivity index (χ1n) is 10.2. The maximum atomic E-state index is 12.6. The Kier molecular flexibility index (Phi) is 7.14. The van der Waals surface area contributed by atoms with E-state index in [1.165, 1.54) is 0 Å². The molecule has 31 heavy (non-hydrogen) atoms. The number of piperazine rings is 1. The maximum absolute atomic E-state index is 12.6. The molecule has 2 heterocycles. The molecule has 0 aliphatic carbocycles. The molecule has 0 saturated carbocycles. The lowest BCUT2D eigenvalue weighted by Crippen LogP contribution is -2.56. The number of carbonyl (C=O) groups is 1. The second kappa shape index (κ2) is 9.80. The average molecular weight is 427 g/mol. The molecule has 3 rings (SSSR count). The summed E-state index contributed by atoms with van der Waals surface area (Å²) in [6.07, 6.45) is 3.45. The first-order chi connectivity index (χ1) is 14.9. The van der Waals surface area contributed by atoms with E-state index in [4.69, 9.17) is 9.47 Å². The highest BCUT2D eigenvalue weighted by Gasteiger charge is 2.31. The molecule has 1 aromatic heterocycles. The summed E-state index contributed by atoms with van der Waals surface area (Å²) in [6.45, 7) is 9.10. The molecule has 166 valence electrons. The van der Waals surface area contributed by atoms with E-state index in [0.717, 1.165) is 32.0 Å². The minimum Gasteiger partial charge on any atom is -0.497 e. The van der Waals surface area contributed by atoms with Crippen molar-refractivity contribution in [3.63, 3.8) is 0 Å². The minimum atomic E-state index is -0.406. The molecule has 8 nitrogen and oxygen atoms in total. The van der Waals surface area contributed by atoms with Crippen LogP contribution in [0.5, 0.6) is 11.5 Å². The predicted octanol–water partition coefficient (Wildman–Crippen LogP) is 2.41. The van der Waals surface area contributed by atoms with Crippen LogP contribution in [0.4, 0.5) is 11.5 Å². The summed E-state index contributed by atoms with van der Waals surface area (Å²) < 4.78 is 10.4. The topological polar surface area (TPSA) is 87.2 Å². The molecule has 0 spiro atoms. The smallest absolute Gasteiger partial charge is 0.255 e. The molecule has 1 aromatic carbocycles. The fourth-order valence-corrected chi connectivity index (χ4v) is 3.53. The molecule has 1 fully saturated rings. The summed E-state index contributed by atoms with van der Waals surface area (Å²) in [5.74, 6) is 1.68. The SMILES string of the molecule is C=CC(C)(CO)N1CCN(c2ccc(NC(=O)c3cc(OC)cc(OC)c3)cn2)CC1. The number of carbonyl (C=O) groups excluding carboxylic acids is 1. The Morgan fingerprint density at radius 1 is 1.19 bits per heavy atom. The molecular formula is C23H30N4O4. The van der Waals surface area contributed by atoms with Crippen LogP contribution in [-0.4, -0.2) is 73.4 Å². The van der Waals surface area contributed by atoms with Crippen LogP contribution < -0.4 is 19.7 Å². The van der Waals surface area contributed by atoms with Gasteiger partial charge in [0.15, 0.2) is 0 Å². The van der Waals surface area contributed by atoms with Crippen LogP contribution in [0.15, 0.2) is 49.2 Å². The third-order valence-corrected chi connectivity index (χ3v) is 5.71. The Morgan fingerprint density at radius 3 is 2.32 bits per heavy atom. The lowest BCUT2D eigenvalue weighted by atomic mass is 10.0. The summed E-state index contributed by atoms with van der Waals surface area (Å²) in [5, 5.41) is 12.5. The van der Waals surface area contributed by atoms with Crippen LogP contribution in [0.25, 0.3) is 0 Å². The number of rotatable bonds is 8. The van der Waals surface area contributed by atoms with Crippen molar-refractivity contribution in [3.05, 3.63) is 54.7 Å². The average Bonchev–Trinajstić information content (AvgIpc) is 2.83. The number of aliphatic hydroxyl groups excluding tert-OH is 1. The highest BCUT2D eigenvalue weighted by molar-refractivity contribution is 6.04. The Labute approximate surface area is 183 Å². The van der Waals surface area contributed by atoms with Crippen LogP contribution in [0.1, 0.15) is 17.3 Å². The van der Waals surface area contributed by atoms with Crippen LogP contribution >= 0.6 is 0 Å². The van der Waals surface area contributed by atoms with Crippen LogP contribution in [-0.2, 0) is 0 Å². The molecule has 1 aliphatic rings. The standard InChI is InChI=1S/C23H30N4O4/c1-5-23(2,16-28)27-10-8-26(9-11-27)21-7-6-18(15-24-21)25-22(29)17-12-19(30-3)14-20(13-17)31-4/h5-7,12-15,28H,1,8-11,16H2,2-4H3,(H,25,29). The van der Waals surface area contributed by atoms with E-state index in [0.29, 0.717) is 22.7 Å².